The molecule has 42 heavy (non-hydrogen) atoms. The molecule has 6 rings (SSSR count). The van der Waals surface area contributed by atoms with Crippen molar-refractivity contribution >= 4 is 34.2 Å². The highest BCUT2D eigenvalue weighted by atomic mass is 35.5. The zero-order valence-electron chi connectivity index (χ0n) is 24.1. The second-order valence-corrected chi connectivity index (χ2v) is 11.8. The van der Waals surface area contributed by atoms with E-state index in [4.69, 9.17) is 32.9 Å². The molecule has 5 heterocycles. The lowest BCUT2D eigenvalue weighted by Crippen LogP contribution is -2.56. The quantitative estimate of drug-likeness (QED) is 0.319. The number of aromatic amines is 1. The molecule has 0 bridgehead atoms. The molecule has 0 saturated carbocycles. The lowest BCUT2D eigenvalue weighted by atomic mass is 9.92. The predicted molar refractivity (Wildman–Crippen MR) is 162 cm³/mol. The Bertz CT molecular complexity index is 1550. The Labute approximate surface area is 250 Å². The molecule has 3 aliphatic rings. The van der Waals surface area contributed by atoms with E-state index >= 15 is 0 Å². The molecular weight excluding hydrogens is 554 g/mol. The Morgan fingerprint density at radius 2 is 2.17 bits per heavy atom. The fraction of sp³-hybridized carbons (Fsp3) is 0.500. The number of H-pyrrole nitrogens is 1. The first-order valence-corrected chi connectivity index (χ1v) is 14.8. The van der Waals surface area contributed by atoms with Crippen molar-refractivity contribution in [3.63, 3.8) is 0 Å². The van der Waals surface area contributed by atoms with Crippen LogP contribution in [0.5, 0.6) is 6.01 Å². The average molecular weight is 590 g/mol. The Hall–Kier alpha value is -3.72. The van der Waals surface area contributed by atoms with Gasteiger partial charge in [0.15, 0.2) is 0 Å². The number of halogens is 1. The van der Waals surface area contributed by atoms with Gasteiger partial charge in [0.1, 0.15) is 18.5 Å². The van der Waals surface area contributed by atoms with Crippen molar-refractivity contribution in [2.24, 2.45) is 0 Å². The number of hydrogen-bond acceptors (Lipinski definition) is 8. The second kappa shape index (κ2) is 11.9. The summed E-state index contributed by atoms with van der Waals surface area (Å²) in [6.07, 6.45) is 6.00. The number of hydrogen-bond donors (Lipinski definition) is 2. The predicted octanol–water partition coefficient (Wildman–Crippen LogP) is 3.30. The number of aromatic nitrogens is 4. The Morgan fingerprint density at radius 3 is 2.93 bits per heavy atom. The smallest absolute Gasteiger partial charge is 0.318 e. The van der Waals surface area contributed by atoms with Crippen LogP contribution in [0.15, 0.2) is 24.9 Å². The van der Waals surface area contributed by atoms with Gasteiger partial charge in [-0.05, 0) is 56.6 Å². The summed E-state index contributed by atoms with van der Waals surface area (Å²) in [7, 11) is 2.13. The monoisotopic (exact) mass is 589 g/mol. The van der Waals surface area contributed by atoms with Gasteiger partial charge < -0.3 is 29.6 Å². The highest BCUT2D eigenvalue weighted by molar-refractivity contribution is 6.33. The normalized spacial score (nSPS) is 22.7. The van der Waals surface area contributed by atoms with Crippen LogP contribution in [-0.2, 0) is 17.8 Å². The number of nitrogens with one attached hydrogen (secondary N) is 2. The van der Waals surface area contributed by atoms with E-state index in [9.17, 15) is 4.79 Å². The maximum Gasteiger partial charge on any atom is 0.318 e. The van der Waals surface area contributed by atoms with Crippen LogP contribution in [0, 0.1) is 13.5 Å². The van der Waals surface area contributed by atoms with Crippen LogP contribution in [0.1, 0.15) is 41.3 Å². The molecule has 1 amide bonds. The second-order valence-electron chi connectivity index (χ2n) is 11.4. The van der Waals surface area contributed by atoms with Crippen LogP contribution in [-0.4, -0.2) is 94.3 Å². The number of carbonyl (C=O) groups is 1. The van der Waals surface area contributed by atoms with Crippen LogP contribution in [0.25, 0.3) is 15.7 Å². The van der Waals surface area contributed by atoms with Crippen molar-refractivity contribution in [3.8, 4) is 6.01 Å². The number of nitrogens with zero attached hydrogens (tertiary/aromatic N) is 7. The maximum atomic E-state index is 12.5. The van der Waals surface area contributed by atoms with E-state index in [-0.39, 0.29) is 24.5 Å². The molecule has 3 aromatic rings. The zero-order chi connectivity index (χ0) is 29.4. The molecule has 220 valence electrons. The molecule has 0 spiro atoms. The number of rotatable bonds is 7. The maximum absolute atomic E-state index is 12.5. The summed E-state index contributed by atoms with van der Waals surface area (Å²) < 4.78 is 6.27. The molecular formula is C30H36ClN9O2. The Balaban J connectivity index is 1.35. The number of piperazine rings is 1. The number of ether oxygens (including phenoxy) is 1. The summed E-state index contributed by atoms with van der Waals surface area (Å²) in [6, 6.07) is 2.39. The molecule has 2 saturated heterocycles. The van der Waals surface area contributed by atoms with Gasteiger partial charge in [0.05, 0.1) is 17.4 Å². The molecule has 2 N–H and O–H groups in total. The van der Waals surface area contributed by atoms with Gasteiger partial charge in [-0.15, -0.1) is 0 Å². The first-order chi connectivity index (χ1) is 20.4. The van der Waals surface area contributed by atoms with E-state index in [2.05, 4.69) is 43.8 Å². The van der Waals surface area contributed by atoms with Gasteiger partial charge in [-0.2, -0.15) is 15.1 Å². The zero-order valence-corrected chi connectivity index (χ0v) is 24.8. The van der Waals surface area contributed by atoms with Crippen LogP contribution >= 0.6 is 11.6 Å². The fourth-order valence-electron chi connectivity index (χ4n) is 6.52. The molecule has 2 fully saturated rings. The van der Waals surface area contributed by atoms with Crippen molar-refractivity contribution in [3.05, 3.63) is 63.7 Å². The minimum atomic E-state index is -0.256. The third-order valence-electron chi connectivity index (χ3n) is 8.84. The highest BCUT2D eigenvalue weighted by Gasteiger charge is 2.36. The Morgan fingerprint density at radius 1 is 1.31 bits per heavy atom. The summed E-state index contributed by atoms with van der Waals surface area (Å²) in [5.74, 6) is 0.646. The van der Waals surface area contributed by atoms with Gasteiger partial charge in [-0.3, -0.25) is 9.89 Å². The van der Waals surface area contributed by atoms with Crippen molar-refractivity contribution in [1.29, 1.82) is 0 Å². The number of likely N-dealkylation sites (tertiary alicyclic amines) is 1. The van der Waals surface area contributed by atoms with Crippen LogP contribution in [0.4, 0.5) is 5.82 Å². The molecule has 0 aliphatic carbocycles. The van der Waals surface area contributed by atoms with Gasteiger partial charge >= 0.3 is 6.01 Å². The van der Waals surface area contributed by atoms with Gasteiger partial charge in [0.2, 0.25) is 12.5 Å². The van der Waals surface area contributed by atoms with Gasteiger partial charge in [-0.25, -0.2) is 6.57 Å². The molecule has 12 heteroatoms. The van der Waals surface area contributed by atoms with E-state index in [1.165, 1.54) is 6.08 Å². The standard InChI is InChI=1S/C30H36ClN9O2/c1-5-26(41)40-10-9-39(16-20(40)13-32-3)29-22-14-33-25(27-21-15-34-37-24(21)11-18(2)28(27)31)12-23(22)35-30(36-29)42-17-19-7-6-8-38(19)4/h5,11,15,19-20,25,33H,1,6-10,12-14,16-17H2,2,4H3,(H,34,37)/t19-,20-,25-/m0/s1. The molecule has 3 atom stereocenters. The number of benzene rings is 1. The SMILES string of the molecule is [C-]#[N+]C[C@H]1CN(c2nc(OC[C@@H]3CCCN3C)nc3c2CN[C@H](c2c(Cl)c(C)cc4[nH]ncc24)C3)CCN1C(=O)C=C. The molecule has 2 aromatic heterocycles. The number of likely N-dealkylation sites (N-methyl/N-ethyl adjacent to an activating group) is 1. The lowest BCUT2D eigenvalue weighted by Gasteiger charge is -2.40. The van der Waals surface area contributed by atoms with E-state index in [0.717, 1.165) is 63.5 Å². The third-order valence-corrected chi connectivity index (χ3v) is 9.34. The van der Waals surface area contributed by atoms with Crippen LogP contribution in [0.3, 0.4) is 0 Å². The summed E-state index contributed by atoms with van der Waals surface area (Å²) in [5, 5.41) is 12.7. The number of fused-ring (bicyclic) bond motifs is 2. The number of amides is 1. The van der Waals surface area contributed by atoms with Crippen molar-refractivity contribution in [2.45, 2.75) is 50.9 Å². The average Bonchev–Trinajstić information content (AvgIpc) is 3.63. The lowest BCUT2D eigenvalue weighted by molar-refractivity contribution is -0.128. The molecule has 1 aromatic carbocycles. The molecule has 11 nitrogen and oxygen atoms in total. The van der Waals surface area contributed by atoms with Crippen LogP contribution in [0.2, 0.25) is 5.02 Å². The minimum Gasteiger partial charge on any atom is -0.462 e. The van der Waals surface area contributed by atoms with Crippen molar-refractivity contribution < 1.29 is 9.53 Å². The van der Waals surface area contributed by atoms with Crippen molar-refractivity contribution in [1.82, 2.24) is 35.3 Å². The van der Waals surface area contributed by atoms with Gasteiger partial charge in [-0.1, -0.05) is 18.2 Å². The third kappa shape index (κ3) is 5.30. The van der Waals surface area contributed by atoms with E-state index in [0.29, 0.717) is 51.3 Å². The number of aryl methyl sites for hydroxylation is 1. The largest absolute Gasteiger partial charge is 0.462 e. The summed E-state index contributed by atoms with van der Waals surface area (Å²) >= 11 is 6.89. The van der Waals surface area contributed by atoms with E-state index in [1.807, 2.05) is 19.2 Å². The Kier molecular flexibility index (Phi) is 8.03. The summed E-state index contributed by atoms with van der Waals surface area (Å²) in [4.78, 5) is 32.3. The topological polar surface area (TPSA) is 107 Å². The first kappa shape index (κ1) is 28.4. The van der Waals surface area contributed by atoms with Gasteiger partial charge in [0, 0.05) is 60.7 Å². The van der Waals surface area contributed by atoms with Crippen LogP contribution < -0.4 is 15.0 Å². The summed E-state index contributed by atoms with van der Waals surface area (Å²) in [6.45, 7) is 17.1. The number of carbonyl (C=O) groups excluding carboxylic acids is 1. The number of anilines is 1. The van der Waals surface area contributed by atoms with Gasteiger partial charge in [0.25, 0.3) is 0 Å². The highest BCUT2D eigenvalue weighted by Crippen LogP contribution is 2.39. The van der Waals surface area contributed by atoms with E-state index in [1.54, 1.807) is 4.90 Å². The summed E-state index contributed by atoms with van der Waals surface area (Å²) in [5.41, 5.74) is 4.87. The fourth-order valence-corrected chi connectivity index (χ4v) is 6.80. The van der Waals surface area contributed by atoms with Crippen molar-refractivity contribution in [2.75, 3.05) is 51.3 Å². The molecule has 3 aliphatic heterocycles. The molecule has 0 radical (unpaired) electrons. The minimum absolute atomic E-state index is 0.0708. The molecule has 0 unspecified atom stereocenters. The first-order valence-electron chi connectivity index (χ1n) is 14.5. The van der Waals surface area contributed by atoms with E-state index < -0.39 is 0 Å².